The topological polar surface area (TPSA) is 23.8 Å². The number of rotatable bonds is 3. The van der Waals surface area contributed by atoms with Gasteiger partial charge in [0.2, 0.25) is 0 Å². The summed E-state index contributed by atoms with van der Waals surface area (Å²) in [5.41, 5.74) is 3.07. The third-order valence-electron chi connectivity index (χ3n) is 4.92. The predicted octanol–water partition coefficient (Wildman–Crippen LogP) is 6.12. The van der Waals surface area contributed by atoms with Crippen LogP contribution in [0.5, 0.6) is 0 Å². The van der Waals surface area contributed by atoms with E-state index in [-0.39, 0.29) is 5.56 Å². The fraction of sp³-hybridized carbons (Fsp3) is 0.286. The van der Waals surface area contributed by atoms with Gasteiger partial charge in [-0.25, -0.2) is 8.78 Å². The Labute approximate surface area is 141 Å². The standard InChI is InChI=1S/C21H19F2N/c22-12-11-15-1-3-16(4-2-15)17-5-7-18(8-6-17)19-9-10-20(14-24)21(23)13-19/h5-13,15-16H,1-4H2. The summed E-state index contributed by atoms with van der Waals surface area (Å²) in [5, 5.41) is 8.80. The first-order chi connectivity index (χ1) is 11.7. The molecule has 1 fully saturated rings. The van der Waals surface area contributed by atoms with Crippen molar-refractivity contribution < 1.29 is 8.78 Å². The van der Waals surface area contributed by atoms with Gasteiger partial charge in [0.25, 0.3) is 0 Å². The average molecular weight is 323 g/mol. The van der Waals surface area contributed by atoms with Gasteiger partial charge in [0.15, 0.2) is 0 Å². The van der Waals surface area contributed by atoms with Gasteiger partial charge < -0.3 is 0 Å². The summed E-state index contributed by atoms with van der Waals surface area (Å²) >= 11 is 0. The van der Waals surface area contributed by atoms with Crippen LogP contribution in [0.2, 0.25) is 0 Å². The van der Waals surface area contributed by atoms with Gasteiger partial charge in [0.1, 0.15) is 11.9 Å². The molecular weight excluding hydrogens is 304 g/mol. The summed E-state index contributed by atoms with van der Waals surface area (Å²) in [4.78, 5) is 0. The van der Waals surface area contributed by atoms with Crippen molar-refractivity contribution in [3.8, 4) is 17.2 Å². The Kier molecular flexibility index (Phi) is 5.05. The van der Waals surface area contributed by atoms with Gasteiger partial charge in [-0.2, -0.15) is 5.26 Å². The summed E-state index contributed by atoms with van der Waals surface area (Å²) in [6.45, 7) is 0. The highest BCUT2D eigenvalue weighted by Gasteiger charge is 2.20. The summed E-state index contributed by atoms with van der Waals surface area (Å²) in [6, 6.07) is 14.7. The lowest BCUT2D eigenvalue weighted by atomic mass is 9.78. The molecule has 0 heterocycles. The van der Waals surface area contributed by atoms with Crippen LogP contribution < -0.4 is 0 Å². The molecule has 3 heteroatoms. The van der Waals surface area contributed by atoms with Crippen molar-refractivity contribution in [2.75, 3.05) is 0 Å². The molecular formula is C21H19F2N. The second-order valence-corrected chi connectivity index (χ2v) is 6.36. The smallest absolute Gasteiger partial charge is 0.141 e. The van der Waals surface area contributed by atoms with Crippen LogP contribution in [-0.2, 0) is 0 Å². The maximum Gasteiger partial charge on any atom is 0.141 e. The molecule has 0 N–H and O–H groups in total. The number of allylic oxidation sites excluding steroid dienone is 1. The third kappa shape index (κ3) is 3.54. The van der Waals surface area contributed by atoms with E-state index in [2.05, 4.69) is 12.1 Å². The Balaban J connectivity index is 1.72. The molecule has 0 aliphatic heterocycles. The molecule has 0 radical (unpaired) electrons. The normalized spacial score (nSPS) is 20.9. The summed E-state index contributed by atoms with van der Waals surface area (Å²) in [5.74, 6) is 0.395. The molecule has 0 aromatic heterocycles. The van der Waals surface area contributed by atoms with Gasteiger partial charge in [-0.15, -0.1) is 0 Å². The molecule has 0 bridgehead atoms. The zero-order valence-electron chi connectivity index (χ0n) is 13.4. The number of benzene rings is 2. The van der Waals surface area contributed by atoms with E-state index in [1.54, 1.807) is 12.1 Å². The van der Waals surface area contributed by atoms with Crippen molar-refractivity contribution >= 4 is 0 Å². The van der Waals surface area contributed by atoms with Crippen molar-refractivity contribution in [1.29, 1.82) is 5.26 Å². The Morgan fingerprint density at radius 3 is 2.21 bits per heavy atom. The van der Waals surface area contributed by atoms with Crippen LogP contribution in [0.1, 0.15) is 42.7 Å². The predicted molar refractivity (Wildman–Crippen MR) is 91.5 cm³/mol. The Morgan fingerprint density at radius 2 is 1.62 bits per heavy atom. The quantitative estimate of drug-likeness (QED) is 0.667. The molecule has 1 aliphatic rings. The number of nitriles is 1. The SMILES string of the molecule is N#Cc1ccc(-c2ccc(C3CCC(C=CF)CC3)cc2)cc1F. The fourth-order valence-corrected chi connectivity index (χ4v) is 3.48. The van der Waals surface area contributed by atoms with Gasteiger partial charge in [-0.3, -0.25) is 0 Å². The Morgan fingerprint density at radius 1 is 0.958 bits per heavy atom. The van der Waals surface area contributed by atoms with Crippen LogP contribution in [0.25, 0.3) is 11.1 Å². The largest absolute Gasteiger partial charge is 0.216 e. The number of nitrogens with zero attached hydrogens (tertiary/aromatic N) is 1. The van der Waals surface area contributed by atoms with E-state index < -0.39 is 5.82 Å². The van der Waals surface area contributed by atoms with Crippen molar-refractivity contribution in [3.05, 3.63) is 71.8 Å². The molecule has 3 rings (SSSR count). The molecule has 2 aromatic carbocycles. The van der Waals surface area contributed by atoms with Crippen molar-refractivity contribution in [2.24, 2.45) is 5.92 Å². The molecule has 122 valence electrons. The second-order valence-electron chi connectivity index (χ2n) is 6.36. The zero-order valence-corrected chi connectivity index (χ0v) is 13.4. The molecule has 0 saturated heterocycles. The van der Waals surface area contributed by atoms with E-state index in [1.165, 1.54) is 17.7 Å². The van der Waals surface area contributed by atoms with Gasteiger partial charge in [-0.1, -0.05) is 36.4 Å². The van der Waals surface area contributed by atoms with E-state index in [0.717, 1.165) is 36.8 Å². The Hall–Kier alpha value is -2.47. The fourth-order valence-electron chi connectivity index (χ4n) is 3.48. The lowest BCUT2D eigenvalue weighted by Gasteiger charge is -2.27. The van der Waals surface area contributed by atoms with Crippen molar-refractivity contribution in [1.82, 2.24) is 0 Å². The first kappa shape index (κ1) is 16.4. The van der Waals surface area contributed by atoms with Crippen molar-refractivity contribution in [3.63, 3.8) is 0 Å². The molecule has 0 unspecified atom stereocenters. The number of hydrogen-bond donors (Lipinski definition) is 0. The van der Waals surface area contributed by atoms with Crippen LogP contribution in [-0.4, -0.2) is 0 Å². The molecule has 0 amide bonds. The first-order valence-electron chi connectivity index (χ1n) is 8.28. The van der Waals surface area contributed by atoms with Crippen molar-refractivity contribution in [2.45, 2.75) is 31.6 Å². The van der Waals surface area contributed by atoms with Crippen LogP contribution in [0.15, 0.2) is 54.9 Å². The minimum absolute atomic E-state index is 0.0643. The molecule has 0 spiro atoms. The monoisotopic (exact) mass is 323 g/mol. The lowest BCUT2D eigenvalue weighted by Crippen LogP contribution is -2.11. The van der Waals surface area contributed by atoms with Crippen LogP contribution in [0.3, 0.4) is 0 Å². The zero-order chi connectivity index (χ0) is 16.9. The first-order valence-corrected chi connectivity index (χ1v) is 8.28. The van der Waals surface area contributed by atoms with Crippen LogP contribution in [0.4, 0.5) is 8.78 Å². The van der Waals surface area contributed by atoms with Crippen LogP contribution >= 0.6 is 0 Å². The maximum absolute atomic E-state index is 13.8. The van der Waals surface area contributed by atoms with Gasteiger partial charge in [0.05, 0.1) is 11.9 Å². The third-order valence-corrected chi connectivity index (χ3v) is 4.92. The minimum Gasteiger partial charge on any atom is -0.216 e. The average Bonchev–Trinajstić information content (AvgIpc) is 2.63. The molecule has 1 aliphatic carbocycles. The summed E-state index contributed by atoms with van der Waals surface area (Å²) in [7, 11) is 0. The highest BCUT2D eigenvalue weighted by Crippen LogP contribution is 2.37. The summed E-state index contributed by atoms with van der Waals surface area (Å²) in [6.07, 6.45) is 6.51. The highest BCUT2D eigenvalue weighted by atomic mass is 19.1. The van der Waals surface area contributed by atoms with E-state index in [4.69, 9.17) is 5.26 Å². The van der Waals surface area contributed by atoms with E-state index in [9.17, 15) is 8.78 Å². The van der Waals surface area contributed by atoms with Crippen LogP contribution in [0, 0.1) is 23.1 Å². The van der Waals surface area contributed by atoms with Gasteiger partial charge in [-0.05, 0) is 66.3 Å². The summed E-state index contributed by atoms with van der Waals surface area (Å²) < 4.78 is 26.0. The maximum atomic E-state index is 13.8. The number of hydrogen-bond acceptors (Lipinski definition) is 1. The lowest BCUT2D eigenvalue weighted by molar-refractivity contribution is 0.373. The minimum atomic E-state index is -0.488. The van der Waals surface area contributed by atoms with E-state index in [0.29, 0.717) is 18.2 Å². The number of halogens is 2. The second kappa shape index (κ2) is 7.40. The van der Waals surface area contributed by atoms with E-state index >= 15 is 0 Å². The molecule has 1 saturated carbocycles. The highest BCUT2D eigenvalue weighted by molar-refractivity contribution is 5.64. The molecule has 24 heavy (non-hydrogen) atoms. The Bertz CT molecular complexity index is 763. The molecule has 1 nitrogen and oxygen atoms in total. The van der Waals surface area contributed by atoms with E-state index in [1.807, 2.05) is 18.2 Å². The van der Waals surface area contributed by atoms with Gasteiger partial charge >= 0.3 is 0 Å². The molecule has 0 atom stereocenters. The van der Waals surface area contributed by atoms with Gasteiger partial charge in [0, 0.05) is 0 Å². The molecule has 2 aromatic rings.